The molecular weight excluding hydrogens is 274 g/mol. The maximum atomic E-state index is 6.23. The molecule has 2 rings (SSSR count). The van der Waals surface area contributed by atoms with Crippen molar-refractivity contribution in [2.45, 2.75) is 58.5 Å². The van der Waals surface area contributed by atoms with Gasteiger partial charge >= 0.3 is 0 Å². The van der Waals surface area contributed by atoms with Gasteiger partial charge in [0.05, 0.1) is 5.60 Å². The number of rotatable bonds is 3. The Morgan fingerprint density at radius 3 is 2.60 bits per heavy atom. The minimum atomic E-state index is -0.123. The van der Waals surface area contributed by atoms with Crippen molar-refractivity contribution in [2.24, 2.45) is 0 Å². The Morgan fingerprint density at radius 2 is 2.05 bits per heavy atom. The summed E-state index contributed by atoms with van der Waals surface area (Å²) in [5.41, 5.74) is 0.661. The predicted octanol–water partition coefficient (Wildman–Crippen LogP) is 3.72. The van der Waals surface area contributed by atoms with Gasteiger partial charge in [0.1, 0.15) is 16.8 Å². The van der Waals surface area contributed by atoms with Gasteiger partial charge in [-0.15, -0.1) is 0 Å². The van der Waals surface area contributed by atoms with Crippen LogP contribution in [-0.4, -0.2) is 28.7 Å². The molecule has 0 radical (unpaired) electrons. The molecule has 1 aliphatic heterocycles. The number of ether oxygens (including phenoxy) is 1. The fourth-order valence-corrected chi connectivity index (χ4v) is 2.41. The van der Waals surface area contributed by atoms with Crippen molar-refractivity contribution in [2.75, 3.05) is 18.5 Å². The van der Waals surface area contributed by atoms with E-state index >= 15 is 0 Å². The second-order valence-corrected chi connectivity index (χ2v) is 7.18. The number of hydrogen-bond donors (Lipinski definition) is 1. The van der Waals surface area contributed by atoms with E-state index in [0.29, 0.717) is 5.15 Å². The Balaban J connectivity index is 2.20. The van der Waals surface area contributed by atoms with Gasteiger partial charge in [0.2, 0.25) is 0 Å². The lowest BCUT2D eigenvalue weighted by molar-refractivity contribution is 0.0314. The Bertz CT molecular complexity index is 491. The van der Waals surface area contributed by atoms with E-state index in [1.165, 1.54) is 0 Å². The second-order valence-electron chi connectivity index (χ2n) is 6.82. The van der Waals surface area contributed by atoms with E-state index in [0.717, 1.165) is 43.2 Å². The Morgan fingerprint density at radius 1 is 1.35 bits per heavy atom. The average molecular weight is 298 g/mol. The third kappa shape index (κ3) is 3.41. The summed E-state index contributed by atoms with van der Waals surface area (Å²) in [5.74, 6) is 1.57. The first-order valence-corrected chi connectivity index (χ1v) is 7.51. The molecule has 20 heavy (non-hydrogen) atoms. The lowest BCUT2D eigenvalue weighted by atomic mass is 9.95. The quantitative estimate of drug-likeness (QED) is 0.864. The maximum Gasteiger partial charge on any atom is 0.137 e. The summed E-state index contributed by atoms with van der Waals surface area (Å²) < 4.78 is 5.79. The van der Waals surface area contributed by atoms with Crippen molar-refractivity contribution in [3.05, 3.63) is 16.5 Å². The van der Waals surface area contributed by atoms with Gasteiger partial charge in [0, 0.05) is 24.1 Å². The van der Waals surface area contributed by atoms with Gasteiger partial charge in [-0.3, -0.25) is 0 Å². The highest BCUT2D eigenvalue weighted by Gasteiger charge is 2.30. The van der Waals surface area contributed by atoms with Gasteiger partial charge in [-0.2, -0.15) is 0 Å². The van der Waals surface area contributed by atoms with Crippen molar-refractivity contribution in [3.8, 4) is 0 Å². The van der Waals surface area contributed by atoms with E-state index in [2.05, 4.69) is 43.0 Å². The molecule has 0 saturated carbocycles. The summed E-state index contributed by atoms with van der Waals surface area (Å²) in [7, 11) is 0. The fraction of sp³-hybridized carbons (Fsp3) is 0.733. The lowest BCUT2D eigenvalue weighted by Gasteiger charge is -2.25. The molecule has 1 aromatic rings. The van der Waals surface area contributed by atoms with E-state index in [-0.39, 0.29) is 11.0 Å². The van der Waals surface area contributed by atoms with E-state index in [1.54, 1.807) is 0 Å². The molecule has 1 atom stereocenters. The molecule has 0 aromatic carbocycles. The largest absolute Gasteiger partial charge is 0.373 e. The first-order chi connectivity index (χ1) is 9.21. The summed E-state index contributed by atoms with van der Waals surface area (Å²) in [6, 6.07) is 0. The van der Waals surface area contributed by atoms with Crippen LogP contribution in [0.15, 0.2) is 0 Å². The molecule has 1 saturated heterocycles. The molecule has 1 unspecified atom stereocenters. The minimum absolute atomic E-state index is 0.105. The Kier molecular flexibility index (Phi) is 4.26. The van der Waals surface area contributed by atoms with Crippen LogP contribution in [0.1, 0.15) is 51.9 Å². The van der Waals surface area contributed by atoms with Gasteiger partial charge in [-0.25, -0.2) is 9.97 Å². The van der Waals surface area contributed by atoms with Crippen molar-refractivity contribution in [1.82, 2.24) is 9.97 Å². The standard InChI is InChI=1S/C15H24ClN3O/c1-10-11(16)18-13(14(2,3)4)19-12(10)17-9-15(5)7-6-8-20-15/h6-9H2,1-5H3,(H,17,18,19). The molecule has 0 aliphatic carbocycles. The summed E-state index contributed by atoms with van der Waals surface area (Å²) in [6.07, 6.45) is 2.19. The van der Waals surface area contributed by atoms with E-state index < -0.39 is 0 Å². The van der Waals surface area contributed by atoms with Crippen LogP contribution in [0.4, 0.5) is 5.82 Å². The van der Waals surface area contributed by atoms with Crippen molar-refractivity contribution in [1.29, 1.82) is 0 Å². The topological polar surface area (TPSA) is 47.0 Å². The third-order valence-corrected chi connectivity index (χ3v) is 4.06. The number of aromatic nitrogens is 2. The van der Waals surface area contributed by atoms with Crippen molar-refractivity contribution < 1.29 is 4.74 Å². The zero-order valence-electron chi connectivity index (χ0n) is 13.0. The zero-order valence-corrected chi connectivity index (χ0v) is 13.8. The molecule has 0 amide bonds. The van der Waals surface area contributed by atoms with Gasteiger partial charge in [0.25, 0.3) is 0 Å². The number of anilines is 1. The number of nitrogens with one attached hydrogen (secondary N) is 1. The van der Waals surface area contributed by atoms with Crippen LogP contribution in [0, 0.1) is 6.92 Å². The molecule has 0 bridgehead atoms. The van der Waals surface area contributed by atoms with E-state index in [4.69, 9.17) is 16.3 Å². The molecule has 2 heterocycles. The molecule has 1 fully saturated rings. The van der Waals surface area contributed by atoms with Crippen LogP contribution in [0.3, 0.4) is 0 Å². The van der Waals surface area contributed by atoms with Crippen molar-refractivity contribution in [3.63, 3.8) is 0 Å². The Hall–Kier alpha value is -0.870. The molecule has 5 heteroatoms. The third-order valence-electron chi connectivity index (χ3n) is 3.69. The summed E-state index contributed by atoms with van der Waals surface area (Å²) >= 11 is 6.23. The van der Waals surface area contributed by atoms with E-state index in [1.807, 2.05) is 6.92 Å². The normalized spacial score (nSPS) is 23.1. The molecule has 4 nitrogen and oxygen atoms in total. The van der Waals surface area contributed by atoms with Crippen LogP contribution in [-0.2, 0) is 10.2 Å². The zero-order chi connectivity index (χ0) is 15.0. The van der Waals surface area contributed by atoms with E-state index in [9.17, 15) is 0 Å². The molecule has 1 aliphatic rings. The van der Waals surface area contributed by atoms with Crippen LogP contribution >= 0.6 is 11.6 Å². The van der Waals surface area contributed by atoms with Gasteiger partial charge in [-0.1, -0.05) is 32.4 Å². The highest BCUT2D eigenvalue weighted by molar-refractivity contribution is 6.30. The fourth-order valence-electron chi connectivity index (χ4n) is 2.24. The van der Waals surface area contributed by atoms with Crippen molar-refractivity contribution >= 4 is 17.4 Å². The van der Waals surface area contributed by atoms with Crippen LogP contribution in [0.2, 0.25) is 5.15 Å². The molecule has 0 spiro atoms. The minimum Gasteiger partial charge on any atom is -0.373 e. The SMILES string of the molecule is Cc1c(Cl)nc(C(C)(C)C)nc1NCC1(C)CCCO1. The monoisotopic (exact) mass is 297 g/mol. The van der Waals surface area contributed by atoms with Crippen LogP contribution < -0.4 is 5.32 Å². The van der Waals surface area contributed by atoms with Gasteiger partial charge in [0.15, 0.2) is 0 Å². The van der Waals surface area contributed by atoms with Gasteiger partial charge in [-0.05, 0) is 26.7 Å². The molecule has 1 N–H and O–H groups in total. The summed E-state index contributed by atoms with van der Waals surface area (Å²) in [4.78, 5) is 9.02. The first-order valence-electron chi connectivity index (χ1n) is 7.14. The van der Waals surface area contributed by atoms with Crippen LogP contribution in [0.5, 0.6) is 0 Å². The highest BCUT2D eigenvalue weighted by Crippen LogP contribution is 2.28. The maximum absolute atomic E-state index is 6.23. The number of halogens is 1. The summed E-state index contributed by atoms with van der Waals surface area (Å²) in [6.45, 7) is 11.9. The Labute approximate surface area is 126 Å². The number of nitrogens with zero attached hydrogens (tertiary/aromatic N) is 2. The molecule has 112 valence electrons. The molecular formula is C15H24ClN3O. The van der Waals surface area contributed by atoms with Crippen LogP contribution in [0.25, 0.3) is 0 Å². The highest BCUT2D eigenvalue weighted by atomic mass is 35.5. The average Bonchev–Trinajstić information content (AvgIpc) is 2.77. The van der Waals surface area contributed by atoms with Gasteiger partial charge < -0.3 is 10.1 Å². The smallest absolute Gasteiger partial charge is 0.137 e. The predicted molar refractivity (Wildman–Crippen MR) is 82.6 cm³/mol. The summed E-state index contributed by atoms with van der Waals surface area (Å²) in [5, 5.41) is 3.91. The molecule has 1 aromatic heterocycles. The first kappa shape index (κ1) is 15.5. The lowest BCUT2D eigenvalue weighted by Crippen LogP contribution is -2.33. The second kappa shape index (κ2) is 5.49. The number of hydrogen-bond acceptors (Lipinski definition) is 4.